The Balaban J connectivity index is 2.58. The second kappa shape index (κ2) is 7.31. The van der Waals surface area contributed by atoms with E-state index in [0.29, 0.717) is 11.9 Å². The standard InChI is InChI=1S/C13H24BrNO/c1-3-6-11(7-4-2)13(16)15-9-5-8-12(15)10-14/h11-12H,3-10H2,1-2H3. The summed E-state index contributed by atoms with van der Waals surface area (Å²) in [7, 11) is 0. The molecule has 0 aromatic rings. The monoisotopic (exact) mass is 289 g/mol. The summed E-state index contributed by atoms with van der Waals surface area (Å²) in [6, 6.07) is 0.448. The zero-order chi connectivity index (χ0) is 12.0. The van der Waals surface area contributed by atoms with Gasteiger partial charge in [-0.15, -0.1) is 0 Å². The second-order valence-electron chi connectivity index (χ2n) is 4.76. The van der Waals surface area contributed by atoms with Gasteiger partial charge in [0.1, 0.15) is 0 Å². The van der Waals surface area contributed by atoms with Crippen LogP contribution in [0.4, 0.5) is 0 Å². The van der Waals surface area contributed by atoms with Gasteiger partial charge in [-0.2, -0.15) is 0 Å². The van der Waals surface area contributed by atoms with Gasteiger partial charge in [0.25, 0.3) is 0 Å². The molecular weight excluding hydrogens is 266 g/mol. The van der Waals surface area contributed by atoms with Gasteiger partial charge in [0.05, 0.1) is 0 Å². The number of halogens is 1. The summed E-state index contributed by atoms with van der Waals surface area (Å²) < 4.78 is 0. The molecule has 1 rings (SSSR count). The number of carbonyl (C=O) groups is 1. The minimum absolute atomic E-state index is 0.273. The number of amides is 1. The summed E-state index contributed by atoms with van der Waals surface area (Å²) in [5.41, 5.74) is 0. The lowest BCUT2D eigenvalue weighted by Crippen LogP contribution is -2.40. The second-order valence-corrected chi connectivity index (χ2v) is 5.40. The van der Waals surface area contributed by atoms with Crippen molar-refractivity contribution in [1.82, 2.24) is 4.90 Å². The molecule has 16 heavy (non-hydrogen) atoms. The van der Waals surface area contributed by atoms with Gasteiger partial charge in [0.15, 0.2) is 0 Å². The maximum Gasteiger partial charge on any atom is 0.225 e. The number of carbonyl (C=O) groups excluding carboxylic acids is 1. The van der Waals surface area contributed by atoms with Crippen molar-refractivity contribution in [3.63, 3.8) is 0 Å². The first-order valence-electron chi connectivity index (χ1n) is 6.61. The third kappa shape index (κ3) is 3.47. The highest BCUT2D eigenvalue weighted by molar-refractivity contribution is 9.09. The molecule has 0 bridgehead atoms. The van der Waals surface area contributed by atoms with Gasteiger partial charge in [-0.1, -0.05) is 42.6 Å². The van der Waals surface area contributed by atoms with Crippen LogP contribution in [0.15, 0.2) is 0 Å². The lowest BCUT2D eigenvalue weighted by Gasteiger charge is -2.27. The molecule has 94 valence electrons. The van der Waals surface area contributed by atoms with Crippen molar-refractivity contribution in [1.29, 1.82) is 0 Å². The van der Waals surface area contributed by atoms with Crippen LogP contribution in [-0.2, 0) is 4.79 Å². The predicted molar refractivity (Wildman–Crippen MR) is 71.8 cm³/mol. The number of rotatable bonds is 6. The van der Waals surface area contributed by atoms with Crippen molar-refractivity contribution in [2.24, 2.45) is 5.92 Å². The van der Waals surface area contributed by atoms with Crippen LogP contribution in [0.3, 0.4) is 0 Å². The van der Waals surface area contributed by atoms with Crippen LogP contribution in [0, 0.1) is 5.92 Å². The Kier molecular flexibility index (Phi) is 6.40. The Bertz CT molecular complexity index is 214. The van der Waals surface area contributed by atoms with Crippen LogP contribution in [-0.4, -0.2) is 28.7 Å². The Labute approximate surface area is 108 Å². The SMILES string of the molecule is CCCC(CCC)C(=O)N1CCCC1CBr. The highest BCUT2D eigenvalue weighted by atomic mass is 79.9. The van der Waals surface area contributed by atoms with E-state index in [4.69, 9.17) is 0 Å². The summed E-state index contributed by atoms with van der Waals surface area (Å²) >= 11 is 3.52. The van der Waals surface area contributed by atoms with Gasteiger partial charge >= 0.3 is 0 Å². The molecule has 0 radical (unpaired) electrons. The number of nitrogens with zero attached hydrogens (tertiary/aromatic N) is 1. The molecule has 0 aromatic heterocycles. The fourth-order valence-corrected chi connectivity index (χ4v) is 3.28. The summed E-state index contributed by atoms with van der Waals surface area (Å²) in [6.45, 7) is 5.31. The number of alkyl halides is 1. The van der Waals surface area contributed by atoms with Crippen molar-refractivity contribution in [2.45, 2.75) is 58.4 Å². The summed E-state index contributed by atoms with van der Waals surface area (Å²) in [5, 5.41) is 0.934. The van der Waals surface area contributed by atoms with Gasteiger partial charge in [-0.3, -0.25) is 4.79 Å². The average Bonchev–Trinajstić information content (AvgIpc) is 2.75. The third-order valence-electron chi connectivity index (χ3n) is 3.46. The molecule has 0 saturated carbocycles. The van der Waals surface area contributed by atoms with Gasteiger partial charge < -0.3 is 4.90 Å². The van der Waals surface area contributed by atoms with Gasteiger partial charge in [0.2, 0.25) is 5.91 Å². The molecule has 1 amide bonds. The van der Waals surface area contributed by atoms with E-state index in [1.807, 2.05) is 0 Å². The maximum absolute atomic E-state index is 12.4. The summed E-state index contributed by atoms with van der Waals surface area (Å²) in [5.74, 6) is 0.681. The van der Waals surface area contributed by atoms with Crippen LogP contribution < -0.4 is 0 Å². The van der Waals surface area contributed by atoms with E-state index in [0.717, 1.165) is 37.6 Å². The fraction of sp³-hybridized carbons (Fsp3) is 0.923. The van der Waals surface area contributed by atoms with E-state index in [1.165, 1.54) is 12.8 Å². The van der Waals surface area contributed by atoms with Crippen molar-refractivity contribution >= 4 is 21.8 Å². The number of hydrogen-bond donors (Lipinski definition) is 0. The zero-order valence-electron chi connectivity index (χ0n) is 10.5. The van der Waals surface area contributed by atoms with Gasteiger partial charge in [-0.05, 0) is 25.7 Å². The lowest BCUT2D eigenvalue weighted by molar-refractivity contribution is -0.136. The van der Waals surface area contributed by atoms with Gasteiger partial charge in [-0.25, -0.2) is 0 Å². The van der Waals surface area contributed by atoms with Crippen LogP contribution >= 0.6 is 15.9 Å². The summed E-state index contributed by atoms with van der Waals surface area (Å²) in [6.07, 6.45) is 6.68. The Morgan fingerprint density at radius 3 is 2.50 bits per heavy atom. The van der Waals surface area contributed by atoms with E-state index < -0.39 is 0 Å². The molecule has 0 aliphatic carbocycles. The van der Waals surface area contributed by atoms with Crippen LogP contribution in [0.5, 0.6) is 0 Å². The Hall–Kier alpha value is -0.0500. The van der Waals surface area contributed by atoms with E-state index in [-0.39, 0.29) is 5.92 Å². The van der Waals surface area contributed by atoms with Crippen molar-refractivity contribution in [2.75, 3.05) is 11.9 Å². The van der Waals surface area contributed by atoms with Crippen LogP contribution in [0.2, 0.25) is 0 Å². The molecule has 1 aliphatic rings. The molecule has 1 aliphatic heterocycles. The van der Waals surface area contributed by atoms with Crippen molar-refractivity contribution in [3.8, 4) is 0 Å². The minimum Gasteiger partial charge on any atom is -0.339 e. The first kappa shape index (κ1) is 14.0. The molecule has 1 saturated heterocycles. The van der Waals surface area contributed by atoms with Gasteiger partial charge in [0, 0.05) is 23.8 Å². The van der Waals surface area contributed by atoms with Crippen LogP contribution in [0.25, 0.3) is 0 Å². The van der Waals surface area contributed by atoms with Crippen molar-refractivity contribution in [3.05, 3.63) is 0 Å². The van der Waals surface area contributed by atoms with Crippen molar-refractivity contribution < 1.29 is 4.79 Å². The fourth-order valence-electron chi connectivity index (χ4n) is 2.61. The van der Waals surface area contributed by atoms with E-state index in [9.17, 15) is 4.79 Å². The van der Waals surface area contributed by atoms with E-state index in [2.05, 4.69) is 34.7 Å². The average molecular weight is 290 g/mol. The van der Waals surface area contributed by atoms with E-state index in [1.54, 1.807) is 0 Å². The molecule has 3 heteroatoms. The Morgan fingerprint density at radius 2 is 2.00 bits per heavy atom. The third-order valence-corrected chi connectivity index (χ3v) is 4.21. The molecule has 0 N–H and O–H groups in total. The highest BCUT2D eigenvalue weighted by Gasteiger charge is 2.31. The Morgan fingerprint density at radius 1 is 1.38 bits per heavy atom. The topological polar surface area (TPSA) is 20.3 Å². The first-order valence-corrected chi connectivity index (χ1v) is 7.73. The largest absolute Gasteiger partial charge is 0.339 e. The molecular formula is C13H24BrNO. The normalized spacial score (nSPS) is 20.8. The minimum atomic E-state index is 0.273. The zero-order valence-corrected chi connectivity index (χ0v) is 12.1. The maximum atomic E-state index is 12.4. The smallest absolute Gasteiger partial charge is 0.225 e. The molecule has 1 atom stereocenters. The van der Waals surface area contributed by atoms with Crippen LogP contribution in [0.1, 0.15) is 52.4 Å². The molecule has 0 spiro atoms. The number of hydrogen-bond acceptors (Lipinski definition) is 1. The molecule has 1 unspecified atom stereocenters. The quantitative estimate of drug-likeness (QED) is 0.685. The molecule has 1 heterocycles. The highest BCUT2D eigenvalue weighted by Crippen LogP contribution is 2.24. The molecule has 0 aromatic carbocycles. The molecule has 1 fully saturated rings. The first-order chi connectivity index (χ1) is 7.74. The number of likely N-dealkylation sites (tertiary alicyclic amines) is 1. The van der Waals surface area contributed by atoms with E-state index >= 15 is 0 Å². The summed E-state index contributed by atoms with van der Waals surface area (Å²) in [4.78, 5) is 14.5. The molecule has 2 nitrogen and oxygen atoms in total. The predicted octanol–water partition coefficient (Wildman–Crippen LogP) is 3.59. The lowest BCUT2D eigenvalue weighted by atomic mass is 9.96.